The van der Waals surface area contributed by atoms with Crippen molar-refractivity contribution in [3.8, 4) is 0 Å². The van der Waals surface area contributed by atoms with E-state index in [1.54, 1.807) is 7.11 Å². The Kier molecular flexibility index (Phi) is 6.93. The van der Waals surface area contributed by atoms with Crippen molar-refractivity contribution in [1.82, 2.24) is 15.1 Å². The van der Waals surface area contributed by atoms with E-state index < -0.39 is 0 Å². The van der Waals surface area contributed by atoms with Crippen molar-refractivity contribution in [3.05, 3.63) is 0 Å². The van der Waals surface area contributed by atoms with Crippen molar-refractivity contribution in [2.45, 2.75) is 26.2 Å². The second kappa shape index (κ2) is 8.71. The van der Waals surface area contributed by atoms with Gasteiger partial charge >= 0.3 is 0 Å². The molecule has 5 nitrogen and oxygen atoms in total. The van der Waals surface area contributed by atoms with Gasteiger partial charge < -0.3 is 15.0 Å². The average Bonchev–Trinajstić information content (AvgIpc) is 2.54. The maximum absolute atomic E-state index is 12.4. The van der Waals surface area contributed by atoms with E-state index in [0.717, 1.165) is 64.8 Å². The summed E-state index contributed by atoms with van der Waals surface area (Å²) in [6.45, 7) is 9.95. The molecular weight excluding hydrogens is 266 g/mol. The molecule has 122 valence electrons. The first-order chi connectivity index (χ1) is 10.2. The van der Waals surface area contributed by atoms with Crippen LogP contribution in [0.4, 0.5) is 0 Å². The van der Waals surface area contributed by atoms with Gasteiger partial charge in [-0.3, -0.25) is 9.69 Å². The molecule has 0 aromatic heterocycles. The summed E-state index contributed by atoms with van der Waals surface area (Å²) in [6.07, 6.45) is 3.17. The summed E-state index contributed by atoms with van der Waals surface area (Å²) < 4.78 is 5.11. The van der Waals surface area contributed by atoms with Gasteiger partial charge in [-0.25, -0.2) is 0 Å². The molecule has 2 heterocycles. The number of piperazine rings is 1. The number of amides is 1. The highest BCUT2D eigenvalue weighted by atomic mass is 16.5. The third-order valence-electron chi connectivity index (χ3n) is 5.02. The van der Waals surface area contributed by atoms with Crippen LogP contribution in [-0.2, 0) is 9.53 Å². The zero-order chi connectivity index (χ0) is 15.1. The molecule has 0 aliphatic carbocycles. The quantitative estimate of drug-likeness (QED) is 0.788. The Labute approximate surface area is 129 Å². The molecule has 1 unspecified atom stereocenters. The molecule has 0 radical (unpaired) electrons. The summed E-state index contributed by atoms with van der Waals surface area (Å²) in [7, 11) is 1.74. The molecule has 0 saturated carbocycles. The smallest absolute Gasteiger partial charge is 0.222 e. The van der Waals surface area contributed by atoms with Crippen LogP contribution in [0.5, 0.6) is 0 Å². The largest absolute Gasteiger partial charge is 0.383 e. The molecule has 0 aromatic carbocycles. The van der Waals surface area contributed by atoms with E-state index in [-0.39, 0.29) is 0 Å². The van der Waals surface area contributed by atoms with Gasteiger partial charge in [0, 0.05) is 46.3 Å². The lowest BCUT2D eigenvalue weighted by molar-refractivity contribution is -0.134. The number of rotatable bonds is 6. The van der Waals surface area contributed by atoms with Crippen LogP contribution < -0.4 is 5.32 Å². The fraction of sp³-hybridized carbons (Fsp3) is 0.938. The Morgan fingerprint density at radius 2 is 1.90 bits per heavy atom. The van der Waals surface area contributed by atoms with E-state index >= 15 is 0 Å². The van der Waals surface area contributed by atoms with Crippen LogP contribution in [0.1, 0.15) is 26.2 Å². The molecule has 0 aromatic rings. The van der Waals surface area contributed by atoms with Crippen molar-refractivity contribution in [1.29, 1.82) is 0 Å². The summed E-state index contributed by atoms with van der Waals surface area (Å²) in [4.78, 5) is 16.9. The lowest BCUT2D eigenvalue weighted by Crippen LogP contribution is -2.49. The second-order valence-electron chi connectivity index (χ2n) is 6.48. The molecule has 2 fully saturated rings. The van der Waals surface area contributed by atoms with Crippen LogP contribution in [0.2, 0.25) is 0 Å². The van der Waals surface area contributed by atoms with Crippen LogP contribution in [0.15, 0.2) is 0 Å². The van der Waals surface area contributed by atoms with Gasteiger partial charge in [0.25, 0.3) is 0 Å². The number of piperidine rings is 1. The first kappa shape index (κ1) is 16.7. The first-order valence-electron chi connectivity index (χ1n) is 8.40. The molecule has 2 aliphatic heterocycles. The highest BCUT2D eigenvalue weighted by Gasteiger charge is 2.26. The number of hydrogen-bond acceptors (Lipinski definition) is 4. The lowest BCUT2D eigenvalue weighted by Gasteiger charge is -2.36. The minimum absolute atomic E-state index is 0.354. The Bertz CT molecular complexity index is 311. The van der Waals surface area contributed by atoms with Gasteiger partial charge in [-0.05, 0) is 37.8 Å². The van der Waals surface area contributed by atoms with E-state index in [1.807, 2.05) is 0 Å². The van der Waals surface area contributed by atoms with E-state index in [0.29, 0.717) is 11.8 Å². The Morgan fingerprint density at radius 1 is 1.24 bits per heavy atom. The summed E-state index contributed by atoms with van der Waals surface area (Å²) in [5.74, 6) is 1.59. The molecule has 5 heteroatoms. The van der Waals surface area contributed by atoms with Gasteiger partial charge in [0.2, 0.25) is 5.91 Å². The van der Waals surface area contributed by atoms with E-state index in [4.69, 9.17) is 4.74 Å². The van der Waals surface area contributed by atoms with Gasteiger partial charge in [0.15, 0.2) is 0 Å². The molecule has 2 aliphatic rings. The number of methoxy groups -OCH3 is 1. The third kappa shape index (κ3) is 5.24. The Morgan fingerprint density at radius 3 is 2.52 bits per heavy atom. The molecule has 0 spiro atoms. The minimum Gasteiger partial charge on any atom is -0.383 e. The van der Waals surface area contributed by atoms with Gasteiger partial charge in [-0.2, -0.15) is 0 Å². The predicted molar refractivity (Wildman–Crippen MR) is 84.3 cm³/mol. The van der Waals surface area contributed by atoms with Crippen molar-refractivity contribution in [2.75, 3.05) is 59.5 Å². The number of carbonyl (C=O) groups excluding carboxylic acids is 1. The number of nitrogens with zero attached hydrogens (tertiary/aromatic N) is 2. The van der Waals surface area contributed by atoms with Crippen molar-refractivity contribution in [2.24, 2.45) is 11.8 Å². The second-order valence-corrected chi connectivity index (χ2v) is 6.48. The molecule has 1 amide bonds. The molecule has 0 bridgehead atoms. The Balaban J connectivity index is 1.69. The van der Waals surface area contributed by atoms with Crippen molar-refractivity contribution >= 4 is 5.91 Å². The SMILES string of the molecule is COCCN1CCN(C(=O)CC(C)C2CCNCC2)CC1. The summed E-state index contributed by atoms with van der Waals surface area (Å²) in [5.41, 5.74) is 0. The van der Waals surface area contributed by atoms with Crippen molar-refractivity contribution in [3.63, 3.8) is 0 Å². The van der Waals surface area contributed by atoms with Gasteiger partial charge in [0.05, 0.1) is 6.61 Å². The highest BCUT2D eigenvalue weighted by molar-refractivity contribution is 5.76. The van der Waals surface area contributed by atoms with Crippen LogP contribution in [0.25, 0.3) is 0 Å². The summed E-state index contributed by atoms with van der Waals surface area (Å²) in [6, 6.07) is 0. The van der Waals surface area contributed by atoms with Crippen LogP contribution in [0, 0.1) is 11.8 Å². The zero-order valence-electron chi connectivity index (χ0n) is 13.6. The topological polar surface area (TPSA) is 44.8 Å². The van der Waals surface area contributed by atoms with Crippen LogP contribution in [0.3, 0.4) is 0 Å². The number of ether oxygens (including phenoxy) is 1. The molecular formula is C16H31N3O2. The molecule has 2 rings (SSSR count). The summed E-state index contributed by atoms with van der Waals surface area (Å²) in [5, 5.41) is 3.40. The minimum atomic E-state index is 0.354. The molecule has 1 N–H and O–H groups in total. The first-order valence-corrected chi connectivity index (χ1v) is 8.40. The molecule has 21 heavy (non-hydrogen) atoms. The van der Waals surface area contributed by atoms with E-state index in [1.165, 1.54) is 12.8 Å². The van der Waals surface area contributed by atoms with Gasteiger partial charge in [-0.15, -0.1) is 0 Å². The van der Waals surface area contributed by atoms with E-state index in [2.05, 4.69) is 22.0 Å². The normalized spacial score (nSPS) is 23.2. The zero-order valence-corrected chi connectivity index (χ0v) is 13.6. The van der Waals surface area contributed by atoms with E-state index in [9.17, 15) is 4.79 Å². The average molecular weight is 297 g/mol. The molecule has 1 atom stereocenters. The fourth-order valence-electron chi connectivity index (χ4n) is 3.43. The Hall–Kier alpha value is -0.650. The van der Waals surface area contributed by atoms with Gasteiger partial charge in [-0.1, -0.05) is 6.92 Å². The van der Waals surface area contributed by atoms with Crippen LogP contribution >= 0.6 is 0 Å². The molecule has 2 saturated heterocycles. The number of hydrogen-bond donors (Lipinski definition) is 1. The summed E-state index contributed by atoms with van der Waals surface area (Å²) >= 11 is 0. The van der Waals surface area contributed by atoms with Crippen LogP contribution in [-0.4, -0.2) is 75.2 Å². The third-order valence-corrected chi connectivity index (χ3v) is 5.02. The lowest BCUT2D eigenvalue weighted by atomic mass is 9.84. The van der Waals surface area contributed by atoms with Gasteiger partial charge in [0.1, 0.15) is 0 Å². The number of nitrogens with one attached hydrogen (secondary N) is 1. The predicted octanol–water partition coefficient (Wildman–Crippen LogP) is 0.803. The van der Waals surface area contributed by atoms with Crippen molar-refractivity contribution < 1.29 is 9.53 Å². The maximum Gasteiger partial charge on any atom is 0.222 e. The highest BCUT2D eigenvalue weighted by Crippen LogP contribution is 2.25. The number of carbonyl (C=O) groups is 1. The maximum atomic E-state index is 12.4. The standard InChI is InChI=1S/C16H31N3O2/c1-14(15-3-5-17-6-4-15)13-16(20)19-9-7-18(8-10-19)11-12-21-2/h14-15,17H,3-13H2,1-2H3. The monoisotopic (exact) mass is 297 g/mol. The fourth-order valence-corrected chi connectivity index (χ4v) is 3.43.